The highest BCUT2D eigenvalue weighted by Crippen LogP contribution is 2.09. The molecule has 0 saturated carbocycles. The molecule has 0 spiro atoms. The third kappa shape index (κ3) is 1.80. The first-order valence-electron chi connectivity index (χ1n) is 3.37. The molecule has 1 rings (SSSR count). The van der Waals surface area contributed by atoms with Gasteiger partial charge in [-0.15, -0.1) is 0 Å². The Labute approximate surface area is 56.1 Å². The lowest BCUT2D eigenvalue weighted by Gasteiger charge is -2.25. The van der Waals surface area contributed by atoms with Gasteiger partial charge in [-0.05, 0) is 6.42 Å². The minimum atomic E-state index is 0.812. The van der Waals surface area contributed by atoms with E-state index in [9.17, 15) is 0 Å². The van der Waals surface area contributed by atoms with Crippen LogP contribution < -0.4 is 0 Å². The lowest BCUT2D eigenvalue weighted by molar-refractivity contribution is -0.163. The van der Waals surface area contributed by atoms with E-state index in [0.717, 1.165) is 26.1 Å². The summed E-state index contributed by atoms with van der Waals surface area (Å²) in [4.78, 5) is 5.27. The Balaban J connectivity index is 2.32. The van der Waals surface area contributed by atoms with Crippen molar-refractivity contribution < 1.29 is 4.84 Å². The van der Waals surface area contributed by atoms with Gasteiger partial charge in [-0.25, -0.2) is 0 Å². The van der Waals surface area contributed by atoms with E-state index in [1.54, 1.807) is 0 Å². The van der Waals surface area contributed by atoms with Gasteiger partial charge in [0.05, 0.1) is 6.61 Å². The molecule has 1 saturated heterocycles. The van der Waals surface area contributed by atoms with Crippen molar-refractivity contribution in [2.45, 2.75) is 13.3 Å². The van der Waals surface area contributed by atoms with Crippen LogP contribution in [0.15, 0.2) is 12.2 Å². The molecule has 1 heterocycles. The summed E-state index contributed by atoms with van der Waals surface area (Å²) in [7, 11) is 0. The van der Waals surface area contributed by atoms with Crippen LogP contribution in [0.25, 0.3) is 0 Å². The molecule has 0 radical (unpaired) electrons. The molecule has 1 fully saturated rings. The molecule has 0 aromatic carbocycles. The van der Waals surface area contributed by atoms with Crippen LogP contribution in [-0.2, 0) is 4.84 Å². The molecule has 0 atom stereocenters. The smallest absolute Gasteiger partial charge is 0.0722 e. The summed E-state index contributed by atoms with van der Waals surface area (Å²) in [6, 6.07) is 0. The maximum atomic E-state index is 5.27. The van der Waals surface area contributed by atoms with Gasteiger partial charge >= 0.3 is 0 Å². The Morgan fingerprint density at radius 1 is 1.78 bits per heavy atom. The first kappa shape index (κ1) is 6.78. The molecule has 0 aromatic rings. The summed E-state index contributed by atoms with van der Waals surface area (Å²) in [6.07, 6.45) is 1.02. The minimum absolute atomic E-state index is 0.812. The molecular formula is C7H13NO. The molecule has 0 aliphatic carbocycles. The molecule has 0 amide bonds. The Kier molecular flexibility index (Phi) is 2.25. The van der Waals surface area contributed by atoms with Crippen molar-refractivity contribution in [3.05, 3.63) is 12.2 Å². The summed E-state index contributed by atoms with van der Waals surface area (Å²) in [5.41, 5.74) is 1.28. The SMILES string of the molecule is C=C1CCON(CC)C1. The molecule has 9 heavy (non-hydrogen) atoms. The van der Waals surface area contributed by atoms with Crippen molar-refractivity contribution in [3.63, 3.8) is 0 Å². The van der Waals surface area contributed by atoms with Gasteiger partial charge in [0.2, 0.25) is 0 Å². The zero-order valence-electron chi connectivity index (χ0n) is 5.89. The lowest BCUT2D eigenvalue weighted by atomic mass is 10.2. The number of hydrogen-bond acceptors (Lipinski definition) is 2. The number of likely N-dealkylation sites (N-methyl/N-ethyl adjacent to an activating group) is 1. The zero-order valence-corrected chi connectivity index (χ0v) is 5.89. The first-order chi connectivity index (χ1) is 4.33. The largest absolute Gasteiger partial charge is 0.298 e. The molecule has 0 bridgehead atoms. The fourth-order valence-electron chi connectivity index (χ4n) is 0.896. The predicted molar refractivity (Wildman–Crippen MR) is 37.0 cm³/mol. The highest BCUT2D eigenvalue weighted by molar-refractivity contribution is 4.97. The van der Waals surface area contributed by atoms with Crippen molar-refractivity contribution >= 4 is 0 Å². The van der Waals surface area contributed by atoms with E-state index in [-0.39, 0.29) is 0 Å². The van der Waals surface area contributed by atoms with Crippen LogP contribution in [0.4, 0.5) is 0 Å². The Morgan fingerprint density at radius 3 is 3.00 bits per heavy atom. The van der Waals surface area contributed by atoms with Crippen LogP contribution in [-0.4, -0.2) is 24.8 Å². The van der Waals surface area contributed by atoms with E-state index in [2.05, 4.69) is 13.5 Å². The van der Waals surface area contributed by atoms with Gasteiger partial charge in [0.25, 0.3) is 0 Å². The first-order valence-corrected chi connectivity index (χ1v) is 3.37. The number of nitrogens with zero attached hydrogens (tertiary/aromatic N) is 1. The second-order valence-corrected chi connectivity index (χ2v) is 2.29. The topological polar surface area (TPSA) is 12.5 Å². The Hall–Kier alpha value is -0.340. The summed E-state index contributed by atoms with van der Waals surface area (Å²) >= 11 is 0. The van der Waals surface area contributed by atoms with E-state index in [1.807, 2.05) is 5.06 Å². The van der Waals surface area contributed by atoms with Crippen LogP contribution in [0.5, 0.6) is 0 Å². The van der Waals surface area contributed by atoms with Gasteiger partial charge in [-0.1, -0.05) is 19.1 Å². The van der Waals surface area contributed by atoms with Gasteiger partial charge in [0.15, 0.2) is 0 Å². The molecule has 1 aliphatic heterocycles. The second-order valence-electron chi connectivity index (χ2n) is 2.29. The fourth-order valence-corrected chi connectivity index (χ4v) is 0.896. The van der Waals surface area contributed by atoms with Gasteiger partial charge in [-0.2, -0.15) is 5.06 Å². The monoisotopic (exact) mass is 127 g/mol. The molecule has 2 nitrogen and oxygen atoms in total. The maximum absolute atomic E-state index is 5.27. The van der Waals surface area contributed by atoms with Crippen LogP contribution in [0.2, 0.25) is 0 Å². The van der Waals surface area contributed by atoms with E-state index in [0.29, 0.717) is 0 Å². The predicted octanol–water partition coefficient (Wildman–Crippen LogP) is 1.20. The van der Waals surface area contributed by atoms with Gasteiger partial charge in [0.1, 0.15) is 0 Å². The van der Waals surface area contributed by atoms with Crippen molar-refractivity contribution in [1.82, 2.24) is 5.06 Å². The van der Waals surface area contributed by atoms with Crippen molar-refractivity contribution in [3.8, 4) is 0 Å². The van der Waals surface area contributed by atoms with Crippen LogP contribution in [0, 0.1) is 0 Å². The third-order valence-corrected chi connectivity index (χ3v) is 1.48. The Bertz CT molecular complexity index is 111. The van der Waals surface area contributed by atoms with Crippen LogP contribution in [0.3, 0.4) is 0 Å². The molecule has 0 aromatic heterocycles. The van der Waals surface area contributed by atoms with Crippen LogP contribution >= 0.6 is 0 Å². The van der Waals surface area contributed by atoms with Crippen molar-refractivity contribution in [2.24, 2.45) is 0 Å². The Morgan fingerprint density at radius 2 is 2.56 bits per heavy atom. The number of rotatable bonds is 1. The standard InChI is InChI=1S/C7H13NO/c1-3-8-6-7(2)4-5-9-8/h2-6H2,1H3. The molecular weight excluding hydrogens is 114 g/mol. The van der Waals surface area contributed by atoms with E-state index < -0.39 is 0 Å². The molecule has 0 N–H and O–H groups in total. The van der Waals surface area contributed by atoms with Crippen molar-refractivity contribution in [2.75, 3.05) is 19.7 Å². The molecule has 2 heteroatoms. The van der Waals surface area contributed by atoms with Gasteiger partial charge in [0, 0.05) is 13.1 Å². The molecule has 52 valence electrons. The minimum Gasteiger partial charge on any atom is -0.298 e. The van der Waals surface area contributed by atoms with Crippen molar-refractivity contribution in [1.29, 1.82) is 0 Å². The summed E-state index contributed by atoms with van der Waals surface area (Å²) in [5.74, 6) is 0. The van der Waals surface area contributed by atoms with Gasteiger partial charge in [-0.3, -0.25) is 4.84 Å². The average molecular weight is 127 g/mol. The normalized spacial score (nSPS) is 22.6. The summed E-state index contributed by atoms with van der Waals surface area (Å²) in [5, 5.41) is 1.94. The van der Waals surface area contributed by atoms with Gasteiger partial charge < -0.3 is 0 Å². The van der Waals surface area contributed by atoms with E-state index in [1.165, 1.54) is 5.57 Å². The molecule has 1 aliphatic rings. The highest BCUT2D eigenvalue weighted by Gasteiger charge is 2.10. The molecule has 0 unspecified atom stereocenters. The maximum Gasteiger partial charge on any atom is 0.0722 e. The summed E-state index contributed by atoms with van der Waals surface area (Å²) in [6.45, 7) is 8.66. The lowest BCUT2D eigenvalue weighted by Crippen LogP contribution is -2.30. The average Bonchev–Trinajstić information content (AvgIpc) is 1.88. The zero-order chi connectivity index (χ0) is 6.69. The van der Waals surface area contributed by atoms with Crippen LogP contribution in [0.1, 0.15) is 13.3 Å². The fraction of sp³-hybridized carbons (Fsp3) is 0.714. The number of hydroxylamine groups is 2. The number of hydrogen-bond donors (Lipinski definition) is 0. The summed E-state index contributed by atoms with van der Waals surface area (Å²) < 4.78 is 0. The quantitative estimate of drug-likeness (QED) is 0.491. The third-order valence-electron chi connectivity index (χ3n) is 1.48. The second kappa shape index (κ2) is 2.99. The van der Waals surface area contributed by atoms with E-state index >= 15 is 0 Å². The van der Waals surface area contributed by atoms with E-state index in [4.69, 9.17) is 4.84 Å². The highest BCUT2D eigenvalue weighted by atomic mass is 16.7.